The Morgan fingerprint density at radius 3 is 2.45 bits per heavy atom. The predicted molar refractivity (Wildman–Crippen MR) is 74.3 cm³/mol. The van der Waals surface area contributed by atoms with Gasteiger partial charge < -0.3 is 19.7 Å². The maximum absolute atomic E-state index is 11.6. The van der Waals surface area contributed by atoms with Crippen LogP contribution in [0, 0.1) is 11.8 Å². The zero-order valence-electron chi connectivity index (χ0n) is 12.7. The van der Waals surface area contributed by atoms with Gasteiger partial charge in [0.05, 0.1) is 56.6 Å². The molecule has 0 amide bonds. The fraction of sp³-hybridized carbons (Fsp3) is 0.938. The van der Waals surface area contributed by atoms with Crippen molar-refractivity contribution in [2.45, 2.75) is 57.0 Å². The molecule has 0 aromatic rings. The molecule has 0 bridgehead atoms. The minimum atomic E-state index is -0.785. The largest absolute Gasteiger partial charge is 0.550 e. The maximum Gasteiger partial charge on any atom is 0.0956 e. The average Bonchev–Trinajstić information content (AvgIpc) is 2.46. The highest BCUT2D eigenvalue weighted by Crippen LogP contribution is 2.26. The first kappa shape index (κ1) is 14.3. The van der Waals surface area contributed by atoms with Crippen LogP contribution < -0.4 is 14.9 Å². The van der Waals surface area contributed by atoms with E-state index < -0.39 is 5.97 Å². The van der Waals surface area contributed by atoms with E-state index in [0.29, 0.717) is 18.0 Å². The van der Waals surface area contributed by atoms with Crippen molar-refractivity contribution in [1.82, 2.24) is 0 Å². The molecule has 0 aromatic heterocycles. The zero-order chi connectivity index (χ0) is 14.1. The lowest BCUT2D eigenvalue weighted by molar-refractivity contribution is -0.958. The summed E-state index contributed by atoms with van der Waals surface area (Å²) in [6.07, 6.45) is 8.38. The highest BCUT2D eigenvalue weighted by Gasteiger charge is 2.45. The number of hydrogen-bond acceptors (Lipinski definition) is 2. The van der Waals surface area contributed by atoms with E-state index in [1.165, 1.54) is 51.7 Å². The molecule has 3 rings (SSSR count). The van der Waals surface area contributed by atoms with Crippen molar-refractivity contribution in [3.8, 4) is 0 Å². The van der Waals surface area contributed by atoms with Crippen molar-refractivity contribution in [1.29, 1.82) is 0 Å². The number of carbonyl (C=O) groups excluding carboxylic acids is 1. The summed E-state index contributed by atoms with van der Waals surface area (Å²) in [6, 6.07) is 1.02. The molecular weight excluding hydrogens is 252 g/mol. The number of fused-ring (bicyclic) bond motifs is 1. The van der Waals surface area contributed by atoms with Crippen LogP contribution in [0.5, 0.6) is 0 Å². The van der Waals surface area contributed by atoms with Crippen LogP contribution in [0.15, 0.2) is 0 Å². The second-order valence-electron chi connectivity index (χ2n) is 7.33. The highest BCUT2D eigenvalue weighted by atomic mass is 16.4. The molecule has 0 saturated carbocycles. The maximum atomic E-state index is 11.6. The van der Waals surface area contributed by atoms with Crippen LogP contribution in [-0.2, 0) is 4.79 Å². The molecule has 2 N–H and O–H groups in total. The Bertz CT molecular complexity index is 360. The van der Waals surface area contributed by atoms with Gasteiger partial charge in [0.25, 0.3) is 0 Å². The normalized spacial score (nSPS) is 45.6. The lowest BCUT2D eigenvalue weighted by Gasteiger charge is -2.47. The Hall–Kier alpha value is -0.610. The Labute approximate surface area is 122 Å². The van der Waals surface area contributed by atoms with E-state index in [-0.39, 0.29) is 5.92 Å². The predicted octanol–water partition coefficient (Wildman–Crippen LogP) is -2.12. The second-order valence-corrected chi connectivity index (χ2v) is 7.33. The van der Waals surface area contributed by atoms with E-state index in [9.17, 15) is 9.90 Å². The number of carboxylic acid groups (broad SMARTS) is 1. The van der Waals surface area contributed by atoms with Crippen molar-refractivity contribution in [3.63, 3.8) is 0 Å². The van der Waals surface area contributed by atoms with E-state index in [0.717, 1.165) is 12.8 Å². The molecule has 0 radical (unpaired) electrons. The number of likely N-dealkylation sites (tertiary alicyclic amines) is 1. The molecule has 114 valence electrons. The molecule has 4 nitrogen and oxygen atoms in total. The highest BCUT2D eigenvalue weighted by molar-refractivity contribution is 5.68. The summed E-state index contributed by atoms with van der Waals surface area (Å²) in [4.78, 5) is 14.8. The molecular formula is C16H29N2O2+. The summed E-state index contributed by atoms with van der Waals surface area (Å²) in [5, 5.41) is 11.6. The van der Waals surface area contributed by atoms with Gasteiger partial charge in [-0.2, -0.15) is 0 Å². The first-order valence-electron chi connectivity index (χ1n) is 8.54. The van der Waals surface area contributed by atoms with Crippen LogP contribution >= 0.6 is 0 Å². The third kappa shape index (κ3) is 2.73. The number of rotatable bonds is 2. The number of aliphatic carboxylic acids is 1. The smallest absolute Gasteiger partial charge is 0.0956 e. The van der Waals surface area contributed by atoms with Gasteiger partial charge >= 0.3 is 0 Å². The van der Waals surface area contributed by atoms with Crippen LogP contribution in [0.3, 0.4) is 0 Å². The summed E-state index contributed by atoms with van der Waals surface area (Å²) in [5.74, 6) is -0.395. The van der Waals surface area contributed by atoms with E-state index in [1.807, 2.05) is 0 Å². The monoisotopic (exact) mass is 281 g/mol. The van der Waals surface area contributed by atoms with Crippen LogP contribution in [0.1, 0.15) is 44.9 Å². The molecule has 3 saturated heterocycles. The molecule has 0 spiro atoms. The van der Waals surface area contributed by atoms with Crippen LogP contribution in [-0.4, -0.2) is 44.7 Å². The fourth-order valence-electron chi connectivity index (χ4n) is 5.16. The lowest BCUT2D eigenvalue weighted by atomic mass is 9.75. The van der Waals surface area contributed by atoms with Crippen LogP contribution in [0.4, 0.5) is 0 Å². The van der Waals surface area contributed by atoms with Gasteiger partial charge in [-0.05, 0) is 32.1 Å². The topological polar surface area (TPSA) is 49.0 Å². The molecule has 3 heterocycles. The van der Waals surface area contributed by atoms with Gasteiger partial charge in [-0.1, -0.05) is 0 Å². The van der Waals surface area contributed by atoms with E-state index in [1.54, 1.807) is 9.80 Å². The molecule has 0 aliphatic carbocycles. The van der Waals surface area contributed by atoms with Gasteiger partial charge in [0.15, 0.2) is 0 Å². The molecule has 3 aliphatic rings. The van der Waals surface area contributed by atoms with E-state index >= 15 is 0 Å². The molecule has 3 aliphatic heterocycles. The standard InChI is InChI=1S/C16H28N2O2/c1-17-8-4-2-6-14(17)12-10-13(16(19)20)15-7-3-5-9-18(15)11-12/h12-15H,2-11H2,1H3,(H,19,20)/p+1/t12-,13+,14+,15+/m1/s1. The molecule has 20 heavy (non-hydrogen) atoms. The molecule has 0 aromatic carbocycles. The Morgan fingerprint density at radius 1 is 1.05 bits per heavy atom. The SMILES string of the molecule is C[NH+]1CCCC[C@H]1[C@@H]1C[C@H](C(=O)[O-])[C@@H]2CCCC[NH+]2C1. The summed E-state index contributed by atoms with van der Waals surface area (Å²) >= 11 is 0. The lowest BCUT2D eigenvalue weighted by Crippen LogP contribution is -3.21. The third-order valence-electron chi connectivity index (χ3n) is 6.20. The van der Waals surface area contributed by atoms with Gasteiger partial charge in [-0.3, -0.25) is 0 Å². The number of hydrogen-bond donors (Lipinski definition) is 2. The number of nitrogens with one attached hydrogen (secondary N) is 2. The third-order valence-corrected chi connectivity index (χ3v) is 6.20. The van der Waals surface area contributed by atoms with Crippen molar-refractivity contribution in [2.24, 2.45) is 11.8 Å². The van der Waals surface area contributed by atoms with Crippen molar-refractivity contribution in [3.05, 3.63) is 0 Å². The fourth-order valence-corrected chi connectivity index (χ4v) is 5.16. The van der Waals surface area contributed by atoms with Gasteiger partial charge in [0.1, 0.15) is 0 Å². The van der Waals surface area contributed by atoms with Gasteiger partial charge in [-0.15, -0.1) is 0 Å². The van der Waals surface area contributed by atoms with Gasteiger partial charge in [0.2, 0.25) is 0 Å². The van der Waals surface area contributed by atoms with Crippen LogP contribution in [0.2, 0.25) is 0 Å². The van der Waals surface area contributed by atoms with Gasteiger partial charge in [-0.25, -0.2) is 0 Å². The minimum absolute atomic E-state index is 0.196. The number of quaternary nitrogens is 2. The Balaban J connectivity index is 1.74. The molecule has 6 atom stereocenters. The van der Waals surface area contributed by atoms with Crippen molar-refractivity contribution < 1.29 is 19.7 Å². The summed E-state index contributed by atoms with van der Waals surface area (Å²) in [6.45, 7) is 3.64. The van der Waals surface area contributed by atoms with Gasteiger partial charge in [0, 0.05) is 12.8 Å². The average molecular weight is 281 g/mol. The first-order valence-corrected chi connectivity index (χ1v) is 8.54. The second kappa shape index (κ2) is 6.02. The van der Waals surface area contributed by atoms with Crippen molar-refractivity contribution >= 4 is 5.97 Å². The number of piperidine rings is 3. The molecule has 2 unspecified atom stereocenters. The molecule has 4 heteroatoms. The summed E-state index contributed by atoms with van der Waals surface area (Å²) < 4.78 is 0. The number of carbonyl (C=O) groups is 1. The first-order chi connectivity index (χ1) is 9.66. The van der Waals surface area contributed by atoms with E-state index in [4.69, 9.17) is 0 Å². The number of carboxylic acids is 1. The Morgan fingerprint density at radius 2 is 1.75 bits per heavy atom. The molecule has 3 fully saturated rings. The van der Waals surface area contributed by atoms with Crippen LogP contribution in [0.25, 0.3) is 0 Å². The summed E-state index contributed by atoms with van der Waals surface area (Å²) in [7, 11) is 2.30. The van der Waals surface area contributed by atoms with Crippen molar-refractivity contribution in [2.75, 3.05) is 26.7 Å². The zero-order valence-corrected chi connectivity index (χ0v) is 12.7. The Kier molecular flexibility index (Phi) is 4.32. The summed E-state index contributed by atoms with van der Waals surface area (Å²) in [5.41, 5.74) is 0. The minimum Gasteiger partial charge on any atom is -0.550 e. The quantitative estimate of drug-likeness (QED) is 0.608. The van der Waals surface area contributed by atoms with E-state index in [2.05, 4.69) is 7.05 Å².